The number of allylic oxidation sites excluding steroid dienone is 1. The molecule has 0 bridgehead atoms. The summed E-state index contributed by atoms with van der Waals surface area (Å²) in [6.45, 7) is 14.4. The highest BCUT2D eigenvalue weighted by Gasteiger charge is 2.33. The van der Waals surface area contributed by atoms with E-state index >= 15 is 0 Å². The molecule has 2 unspecified atom stereocenters. The van der Waals surface area contributed by atoms with E-state index in [1.54, 1.807) is 0 Å². The molecule has 1 heterocycles. The molecule has 1 aliphatic heterocycles. The van der Waals surface area contributed by atoms with Gasteiger partial charge in [-0.15, -0.1) is 6.58 Å². The number of likely N-dealkylation sites (tertiary alicyclic amines) is 1. The Morgan fingerprint density at radius 2 is 2.24 bits per heavy atom. The number of ether oxygens (including phenoxy) is 1. The Bertz CT molecular complexity index is 336. The minimum Gasteiger partial charge on any atom is -0.444 e. The second kappa shape index (κ2) is 8.42. The van der Waals surface area contributed by atoms with Crippen molar-refractivity contribution in [3.63, 3.8) is 0 Å². The minimum atomic E-state index is -0.419. The van der Waals surface area contributed by atoms with Gasteiger partial charge < -0.3 is 15.0 Å². The molecule has 0 radical (unpaired) electrons. The van der Waals surface area contributed by atoms with E-state index in [2.05, 4.69) is 18.8 Å². The van der Waals surface area contributed by atoms with Crippen LogP contribution in [0.1, 0.15) is 53.4 Å². The van der Waals surface area contributed by atoms with Crippen LogP contribution < -0.4 is 5.32 Å². The molecule has 21 heavy (non-hydrogen) atoms. The normalized spacial score (nSPS) is 20.4. The molecule has 0 aliphatic carbocycles. The maximum Gasteiger partial charge on any atom is 0.410 e. The zero-order valence-corrected chi connectivity index (χ0v) is 14.2. The number of hydrogen-bond donors (Lipinski definition) is 1. The summed E-state index contributed by atoms with van der Waals surface area (Å²) in [6.07, 6.45) is 6.09. The van der Waals surface area contributed by atoms with Crippen LogP contribution in [0, 0.1) is 5.92 Å². The Morgan fingerprint density at radius 1 is 1.52 bits per heavy atom. The first kappa shape index (κ1) is 18.0. The predicted molar refractivity (Wildman–Crippen MR) is 87.4 cm³/mol. The highest BCUT2D eigenvalue weighted by atomic mass is 16.6. The van der Waals surface area contributed by atoms with Crippen LogP contribution in [0.15, 0.2) is 12.7 Å². The zero-order chi connectivity index (χ0) is 15.9. The summed E-state index contributed by atoms with van der Waals surface area (Å²) in [5.74, 6) is 0.518. The van der Waals surface area contributed by atoms with Gasteiger partial charge >= 0.3 is 6.09 Å². The molecular formula is C17H32N2O2. The Labute approximate surface area is 129 Å². The molecule has 4 nitrogen and oxygen atoms in total. The molecular weight excluding hydrogens is 264 g/mol. The quantitative estimate of drug-likeness (QED) is 0.730. The molecule has 0 spiro atoms. The lowest BCUT2D eigenvalue weighted by Gasteiger charge is -2.26. The lowest BCUT2D eigenvalue weighted by molar-refractivity contribution is 0.0285. The van der Waals surface area contributed by atoms with Gasteiger partial charge in [-0.3, -0.25) is 0 Å². The van der Waals surface area contributed by atoms with E-state index < -0.39 is 5.60 Å². The lowest BCUT2D eigenvalue weighted by atomic mass is 9.94. The Kier molecular flexibility index (Phi) is 7.23. The van der Waals surface area contributed by atoms with Crippen molar-refractivity contribution < 1.29 is 9.53 Å². The van der Waals surface area contributed by atoms with Crippen LogP contribution in [0.5, 0.6) is 0 Å². The van der Waals surface area contributed by atoms with Crippen molar-refractivity contribution in [1.29, 1.82) is 0 Å². The van der Waals surface area contributed by atoms with Crippen LogP contribution in [-0.4, -0.2) is 42.3 Å². The van der Waals surface area contributed by atoms with Crippen molar-refractivity contribution in [3.8, 4) is 0 Å². The predicted octanol–water partition coefficient (Wildman–Crippen LogP) is 3.58. The smallest absolute Gasteiger partial charge is 0.410 e. The van der Waals surface area contributed by atoms with Crippen molar-refractivity contribution in [2.75, 3.05) is 19.6 Å². The van der Waals surface area contributed by atoms with E-state index in [0.717, 1.165) is 45.3 Å². The number of rotatable bonds is 7. The van der Waals surface area contributed by atoms with Crippen molar-refractivity contribution in [2.24, 2.45) is 5.92 Å². The number of nitrogens with zero attached hydrogens (tertiary/aromatic N) is 1. The number of hydrogen-bond acceptors (Lipinski definition) is 3. The zero-order valence-electron chi connectivity index (χ0n) is 14.2. The third kappa shape index (κ3) is 6.51. The fourth-order valence-electron chi connectivity index (χ4n) is 2.74. The highest BCUT2D eigenvalue weighted by molar-refractivity contribution is 5.68. The van der Waals surface area contributed by atoms with Crippen LogP contribution in [0.4, 0.5) is 4.79 Å². The van der Waals surface area contributed by atoms with Crippen LogP contribution in [0.2, 0.25) is 0 Å². The maximum atomic E-state index is 12.1. The number of carbonyl (C=O) groups excluding carboxylic acids is 1. The third-order valence-corrected chi connectivity index (χ3v) is 3.78. The van der Waals surface area contributed by atoms with Crippen LogP contribution in [0.3, 0.4) is 0 Å². The monoisotopic (exact) mass is 296 g/mol. The molecule has 0 aromatic heterocycles. The van der Waals surface area contributed by atoms with E-state index in [-0.39, 0.29) is 6.09 Å². The molecule has 1 rings (SSSR count). The van der Waals surface area contributed by atoms with E-state index in [9.17, 15) is 4.79 Å². The molecule has 0 aromatic carbocycles. The number of nitrogens with one attached hydrogen (secondary N) is 1. The largest absolute Gasteiger partial charge is 0.444 e. The fourth-order valence-corrected chi connectivity index (χ4v) is 2.74. The summed E-state index contributed by atoms with van der Waals surface area (Å²) in [5.41, 5.74) is -0.419. The van der Waals surface area contributed by atoms with Gasteiger partial charge in [-0.05, 0) is 58.9 Å². The Balaban J connectivity index is 2.52. The molecule has 0 aromatic rings. The van der Waals surface area contributed by atoms with Gasteiger partial charge in [0.15, 0.2) is 0 Å². The summed E-state index contributed by atoms with van der Waals surface area (Å²) < 4.78 is 5.46. The van der Waals surface area contributed by atoms with E-state index in [1.165, 1.54) is 0 Å². The van der Waals surface area contributed by atoms with Crippen molar-refractivity contribution in [1.82, 2.24) is 10.2 Å². The highest BCUT2D eigenvalue weighted by Crippen LogP contribution is 2.24. The van der Waals surface area contributed by atoms with Crippen molar-refractivity contribution >= 4 is 6.09 Å². The second-order valence-corrected chi connectivity index (χ2v) is 6.90. The van der Waals surface area contributed by atoms with Crippen LogP contribution >= 0.6 is 0 Å². The Hall–Kier alpha value is -1.03. The SMILES string of the molecule is C=CCCC(NCCC)C1CCN(C(=O)OC(C)(C)C)C1. The molecule has 1 saturated heterocycles. The van der Waals surface area contributed by atoms with E-state index in [0.29, 0.717) is 12.0 Å². The minimum absolute atomic E-state index is 0.178. The third-order valence-electron chi connectivity index (χ3n) is 3.78. The Morgan fingerprint density at radius 3 is 2.81 bits per heavy atom. The van der Waals surface area contributed by atoms with Gasteiger partial charge in [-0.1, -0.05) is 13.0 Å². The summed E-state index contributed by atoms with van der Waals surface area (Å²) in [5, 5.41) is 3.63. The summed E-state index contributed by atoms with van der Waals surface area (Å²) >= 11 is 0. The summed E-state index contributed by atoms with van der Waals surface area (Å²) in [7, 11) is 0. The van der Waals surface area contributed by atoms with Crippen molar-refractivity contribution in [3.05, 3.63) is 12.7 Å². The first-order valence-electron chi connectivity index (χ1n) is 8.19. The van der Waals surface area contributed by atoms with Gasteiger partial charge in [-0.25, -0.2) is 4.79 Å². The lowest BCUT2D eigenvalue weighted by Crippen LogP contribution is -2.40. The number of amides is 1. The average molecular weight is 296 g/mol. The molecule has 0 saturated carbocycles. The maximum absolute atomic E-state index is 12.1. The molecule has 1 aliphatic rings. The topological polar surface area (TPSA) is 41.6 Å². The molecule has 1 fully saturated rings. The molecule has 1 amide bonds. The van der Waals surface area contributed by atoms with Gasteiger partial charge in [0.1, 0.15) is 5.60 Å². The average Bonchev–Trinajstić information content (AvgIpc) is 2.86. The number of carbonyl (C=O) groups is 1. The van der Waals surface area contributed by atoms with Gasteiger partial charge in [0, 0.05) is 19.1 Å². The van der Waals surface area contributed by atoms with E-state index in [1.807, 2.05) is 31.7 Å². The van der Waals surface area contributed by atoms with E-state index in [4.69, 9.17) is 4.74 Å². The van der Waals surface area contributed by atoms with Gasteiger partial charge in [0.25, 0.3) is 0 Å². The second-order valence-electron chi connectivity index (χ2n) is 6.90. The fraction of sp³-hybridized carbons (Fsp3) is 0.824. The molecule has 1 N–H and O–H groups in total. The first-order chi connectivity index (χ1) is 9.87. The van der Waals surface area contributed by atoms with Crippen molar-refractivity contribution in [2.45, 2.75) is 65.0 Å². The first-order valence-corrected chi connectivity index (χ1v) is 8.19. The summed E-state index contributed by atoms with van der Waals surface area (Å²) in [4.78, 5) is 14.0. The molecule has 2 atom stereocenters. The van der Waals surface area contributed by atoms with Crippen LogP contribution in [-0.2, 0) is 4.74 Å². The van der Waals surface area contributed by atoms with Crippen LogP contribution in [0.25, 0.3) is 0 Å². The molecule has 122 valence electrons. The molecule has 4 heteroatoms. The summed E-state index contributed by atoms with van der Waals surface area (Å²) in [6, 6.07) is 0.468. The standard InChI is InChI=1S/C17H32N2O2/c1-6-8-9-15(18-11-7-2)14-10-12-19(13-14)16(20)21-17(3,4)5/h6,14-15,18H,1,7-13H2,2-5H3. The van der Waals surface area contributed by atoms with Gasteiger partial charge in [0.05, 0.1) is 0 Å². The van der Waals surface area contributed by atoms with Gasteiger partial charge in [-0.2, -0.15) is 0 Å². The van der Waals surface area contributed by atoms with Gasteiger partial charge in [0.2, 0.25) is 0 Å².